The normalized spacial score (nSPS) is 22.8. The molecule has 33 heavy (non-hydrogen) atoms. The summed E-state index contributed by atoms with van der Waals surface area (Å²) >= 11 is 9.03. The van der Waals surface area contributed by atoms with Gasteiger partial charge in [0.15, 0.2) is 5.78 Å². The van der Waals surface area contributed by atoms with Crippen LogP contribution in [0.1, 0.15) is 37.4 Å². The number of ketones is 1. The van der Waals surface area contributed by atoms with Crippen molar-refractivity contribution in [2.24, 2.45) is 0 Å². The molecule has 3 aromatic rings. The summed E-state index contributed by atoms with van der Waals surface area (Å²) in [4.78, 5) is 34.8. The molecular formula is C25H24ClN3O2S2. The minimum absolute atomic E-state index is 0.128. The third-order valence-electron chi connectivity index (χ3n) is 6.20. The van der Waals surface area contributed by atoms with Gasteiger partial charge in [-0.15, -0.1) is 11.8 Å². The van der Waals surface area contributed by atoms with Gasteiger partial charge in [0.1, 0.15) is 16.6 Å². The van der Waals surface area contributed by atoms with Gasteiger partial charge in [0, 0.05) is 23.9 Å². The van der Waals surface area contributed by atoms with Crippen molar-refractivity contribution in [2.45, 2.75) is 47.9 Å². The van der Waals surface area contributed by atoms with E-state index in [-0.39, 0.29) is 18.1 Å². The van der Waals surface area contributed by atoms with Gasteiger partial charge < -0.3 is 10.2 Å². The summed E-state index contributed by atoms with van der Waals surface area (Å²) in [6.07, 6.45) is 2.49. The molecule has 2 aromatic heterocycles. The fourth-order valence-corrected chi connectivity index (χ4v) is 6.38. The summed E-state index contributed by atoms with van der Waals surface area (Å²) in [6, 6.07) is 15.7. The number of nitrogens with one attached hydrogen (secondary N) is 1. The van der Waals surface area contributed by atoms with Crippen LogP contribution in [0.3, 0.4) is 0 Å². The second-order valence-electron chi connectivity index (χ2n) is 8.38. The smallest absolute Gasteiger partial charge is 0.242 e. The number of rotatable bonds is 7. The molecule has 5 nitrogen and oxygen atoms in total. The maximum atomic E-state index is 13.4. The molecule has 1 saturated carbocycles. The van der Waals surface area contributed by atoms with E-state index in [0.717, 1.165) is 22.8 Å². The number of carbonyl (C=O) groups is 2. The van der Waals surface area contributed by atoms with Crippen LogP contribution in [0.2, 0.25) is 5.02 Å². The van der Waals surface area contributed by atoms with Crippen LogP contribution in [0, 0.1) is 0 Å². The summed E-state index contributed by atoms with van der Waals surface area (Å²) in [5.41, 5.74) is 0.597. The molecule has 0 radical (unpaired) electrons. The number of hydrogen-bond donors (Lipinski definition) is 1. The highest BCUT2D eigenvalue weighted by Crippen LogP contribution is 2.41. The molecule has 2 atom stereocenters. The molecule has 5 rings (SSSR count). The second kappa shape index (κ2) is 9.12. The zero-order valence-corrected chi connectivity index (χ0v) is 20.6. The van der Waals surface area contributed by atoms with E-state index in [4.69, 9.17) is 16.6 Å². The molecule has 8 heteroatoms. The third kappa shape index (κ3) is 4.29. The summed E-state index contributed by atoms with van der Waals surface area (Å²) < 4.78 is 0. The molecule has 2 aliphatic rings. The molecule has 1 saturated heterocycles. The van der Waals surface area contributed by atoms with Crippen LogP contribution in [-0.4, -0.2) is 34.5 Å². The summed E-state index contributed by atoms with van der Waals surface area (Å²) in [7, 11) is 0. The van der Waals surface area contributed by atoms with Crippen molar-refractivity contribution in [1.29, 1.82) is 0 Å². The average Bonchev–Trinajstić information content (AvgIpc) is 3.49. The first-order chi connectivity index (χ1) is 16.0. The lowest BCUT2D eigenvalue weighted by atomic mass is 9.79. The van der Waals surface area contributed by atoms with Gasteiger partial charge in [-0.2, -0.15) is 11.3 Å². The number of Topliss-reactive ketones (excluding diaryl/α,β-unsaturated/α-hetero) is 1. The molecule has 2 unspecified atom stereocenters. The molecule has 0 bridgehead atoms. The molecule has 3 heterocycles. The lowest BCUT2D eigenvalue weighted by Gasteiger charge is -2.39. The summed E-state index contributed by atoms with van der Waals surface area (Å²) in [5, 5.41) is 6.84. The van der Waals surface area contributed by atoms with E-state index in [1.54, 1.807) is 17.4 Å². The van der Waals surface area contributed by atoms with E-state index in [2.05, 4.69) is 17.1 Å². The van der Waals surface area contributed by atoms with Crippen LogP contribution < -0.4 is 10.2 Å². The van der Waals surface area contributed by atoms with Gasteiger partial charge in [-0.3, -0.25) is 9.59 Å². The van der Waals surface area contributed by atoms with Crippen molar-refractivity contribution in [2.75, 3.05) is 11.4 Å². The van der Waals surface area contributed by atoms with E-state index in [1.807, 2.05) is 53.2 Å². The zero-order valence-electron chi connectivity index (χ0n) is 18.2. The number of thioether (sulfide) groups is 1. The number of anilines is 1. The lowest BCUT2D eigenvalue weighted by Crippen LogP contribution is -2.58. The number of thiophene rings is 1. The zero-order chi connectivity index (χ0) is 23.0. The van der Waals surface area contributed by atoms with E-state index < -0.39 is 10.8 Å². The topological polar surface area (TPSA) is 62.3 Å². The molecule has 170 valence electrons. The molecule has 1 amide bonds. The van der Waals surface area contributed by atoms with Crippen LogP contribution in [0.25, 0.3) is 0 Å². The number of aromatic nitrogens is 1. The minimum Gasteiger partial charge on any atom is -0.354 e. The van der Waals surface area contributed by atoms with Crippen molar-refractivity contribution in [3.05, 3.63) is 75.6 Å². The fraction of sp³-hybridized carbons (Fsp3) is 0.320. The monoisotopic (exact) mass is 497 g/mol. The number of halogens is 1. The second-order valence-corrected chi connectivity index (χ2v) is 10.7. The highest BCUT2D eigenvalue weighted by atomic mass is 35.5. The van der Waals surface area contributed by atoms with Gasteiger partial charge in [-0.25, -0.2) is 4.98 Å². The van der Waals surface area contributed by atoms with E-state index in [9.17, 15) is 9.59 Å². The number of amides is 1. The maximum absolute atomic E-state index is 13.4. The Balaban J connectivity index is 1.51. The number of nitrogens with zero attached hydrogens (tertiary/aromatic N) is 2. The van der Waals surface area contributed by atoms with Gasteiger partial charge in [-0.05, 0) is 66.4 Å². The SMILES string of the molecule is CCN(c1cccc(C2(c3ccsc3)CC(=O)C(Sc3ccccc3Cl)C(=O)N2)n1)C1CC1. The Morgan fingerprint density at radius 2 is 2.00 bits per heavy atom. The van der Waals surface area contributed by atoms with Crippen molar-refractivity contribution >= 4 is 52.2 Å². The molecule has 1 aromatic carbocycles. The van der Waals surface area contributed by atoms with Gasteiger partial charge in [0.05, 0.1) is 10.7 Å². The highest BCUT2D eigenvalue weighted by molar-refractivity contribution is 8.01. The van der Waals surface area contributed by atoms with Gasteiger partial charge >= 0.3 is 0 Å². The van der Waals surface area contributed by atoms with Crippen molar-refractivity contribution in [3.63, 3.8) is 0 Å². The number of piperidine rings is 1. The number of carbonyl (C=O) groups excluding carboxylic acids is 2. The van der Waals surface area contributed by atoms with E-state index in [1.165, 1.54) is 24.6 Å². The Bertz CT molecular complexity index is 1160. The minimum atomic E-state index is -0.981. The fourth-order valence-electron chi connectivity index (χ4n) is 4.41. The van der Waals surface area contributed by atoms with Crippen molar-refractivity contribution in [1.82, 2.24) is 10.3 Å². The Labute approximate surface area is 206 Å². The van der Waals surface area contributed by atoms with Crippen LogP contribution in [0.4, 0.5) is 5.82 Å². The third-order valence-corrected chi connectivity index (χ3v) is 8.64. The predicted octanol–water partition coefficient (Wildman–Crippen LogP) is 5.28. The Kier molecular flexibility index (Phi) is 6.20. The molecule has 1 aliphatic carbocycles. The van der Waals surface area contributed by atoms with Crippen LogP contribution >= 0.6 is 34.7 Å². The number of pyridine rings is 1. The molecule has 2 fully saturated rings. The van der Waals surface area contributed by atoms with E-state index >= 15 is 0 Å². The molecule has 1 aliphatic heterocycles. The predicted molar refractivity (Wildman–Crippen MR) is 134 cm³/mol. The molecular weight excluding hydrogens is 474 g/mol. The van der Waals surface area contributed by atoms with Crippen LogP contribution in [-0.2, 0) is 15.1 Å². The first kappa shape index (κ1) is 22.4. The lowest BCUT2D eigenvalue weighted by molar-refractivity contribution is -0.133. The Morgan fingerprint density at radius 3 is 2.67 bits per heavy atom. The summed E-state index contributed by atoms with van der Waals surface area (Å²) in [6.45, 7) is 3.00. The van der Waals surface area contributed by atoms with E-state index in [0.29, 0.717) is 16.8 Å². The molecule has 1 N–H and O–H groups in total. The number of hydrogen-bond acceptors (Lipinski definition) is 6. The van der Waals surface area contributed by atoms with Crippen LogP contribution in [0.5, 0.6) is 0 Å². The largest absolute Gasteiger partial charge is 0.354 e. The van der Waals surface area contributed by atoms with Crippen LogP contribution in [0.15, 0.2) is 64.2 Å². The van der Waals surface area contributed by atoms with Crippen molar-refractivity contribution < 1.29 is 9.59 Å². The first-order valence-electron chi connectivity index (χ1n) is 11.0. The van der Waals surface area contributed by atoms with Gasteiger partial charge in [-0.1, -0.05) is 29.8 Å². The highest BCUT2D eigenvalue weighted by Gasteiger charge is 2.48. The summed E-state index contributed by atoms with van der Waals surface area (Å²) in [5.74, 6) is 0.446. The first-order valence-corrected chi connectivity index (χ1v) is 13.2. The Morgan fingerprint density at radius 1 is 1.18 bits per heavy atom. The van der Waals surface area contributed by atoms with Crippen molar-refractivity contribution in [3.8, 4) is 0 Å². The standard InChI is InChI=1S/C25H24ClN3O2S2/c1-2-29(17-10-11-17)22-9-5-8-21(27-22)25(16-12-13-32-15-16)14-19(30)23(24(31)28-25)33-20-7-4-3-6-18(20)26/h3-9,12-13,15,17,23H,2,10-11,14H2,1H3,(H,28,31). The quantitative estimate of drug-likeness (QED) is 0.450. The molecule has 0 spiro atoms. The van der Waals surface area contributed by atoms with Gasteiger partial charge in [0.2, 0.25) is 5.91 Å². The average molecular weight is 498 g/mol. The Hall–Kier alpha value is -2.35. The van der Waals surface area contributed by atoms with Gasteiger partial charge in [0.25, 0.3) is 0 Å². The number of benzene rings is 1. The maximum Gasteiger partial charge on any atom is 0.242 e.